The van der Waals surface area contributed by atoms with Gasteiger partial charge >= 0.3 is 5.63 Å². The zero-order valence-electron chi connectivity index (χ0n) is 10.9. The Morgan fingerprint density at radius 1 is 1.19 bits per heavy atom. The molecule has 6 heteroatoms. The first-order valence-electron chi connectivity index (χ1n) is 6.19. The van der Waals surface area contributed by atoms with Crippen molar-refractivity contribution in [2.45, 2.75) is 0 Å². The van der Waals surface area contributed by atoms with Crippen LogP contribution in [0, 0.1) is 0 Å². The van der Waals surface area contributed by atoms with Crippen LogP contribution in [0.4, 0.5) is 11.5 Å². The van der Waals surface area contributed by atoms with Crippen molar-refractivity contribution in [2.24, 2.45) is 0 Å². The van der Waals surface area contributed by atoms with Crippen molar-refractivity contribution < 1.29 is 9.21 Å². The second-order valence-electron chi connectivity index (χ2n) is 4.41. The van der Waals surface area contributed by atoms with Crippen LogP contribution in [0.3, 0.4) is 0 Å². The van der Waals surface area contributed by atoms with Gasteiger partial charge in [0.1, 0.15) is 17.0 Å². The van der Waals surface area contributed by atoms with Gasteiger partial charge in [0.25, 0.3) is 5.91 Å². The van der Waals surface area contributed by atoms with Crippen molar-refractivity contribution in [3.8, 4) is 0 Å². The first-order chi connectivity index (χ1) is 10.1. The second kappa shape index (κ2) is 5.09. The molecule has 1 amide bonds. The van der Waals surface area contributed by atoms with Gasteiger partial charge in [-0.3, -0.25) is 4.79 Å². The number of nitrogens with zero attached hydrogens (tertiary/aromatic N) is 1. The molecule has 0 aliphatic rings. The molecule has 2 aromatic heterocycles. The predicted molar refractivity (Wildman–Crippen MR) is 79.1 cm³/mol. The maximum Gasteiger partial charge on any atom is 0.349 e. The Kier molecular flexibility index (Phi) is 3.12. The number of aromatic nitrogens is 1. The molecule has 2 heterocycles. The average Bonchev–Trinajstić information content (AvgIpc) is 2.49. The molecule has 0 aliphatic carbocycles. The SMILES string of the molecule is Nc1ccc(NC(=O)c2cc3ccccc3oc2=O)cn1. The van der Waals surface area contributed by atoms with Gasteiger partial charge in [0.2, 0.25) is 0 Å². The number of carbonyl (C=O) groups excluding carboxylic acids is 1. The Bertz CT molecular complexity index is 869. The van der Waals surface area contributed by atoms with Crippen LogP contribution in [-0.2, 0) is 0 Å². The monoisotopic (exact) mass is 281 g/mol. The third-order valence-corrected chi connectivity index (χ3v) is 2.93. The van der Waals surface area contributed by atoms with Gasteiger partial charge in [-0.15, -0.1) is 0 Å². The molecule has 21 heavy (non-hydrogen) atoms. The lowest BCUT2D eigenvalue weighted by Gasteiger charge is -2.05. The number of nitrogen functional groups attached to an aromatic ring is 1. The number of nitrogens with two attached hydrogens (primary N) is 1. The highest BCUT2D eigenvalue weighted by molar-refractivity contribution is 6.05. The summed E-state index contributed by atoms with van der Waals surface area (Å²) < 4.78 is 5.12. The van der Waals surface area contributed by atoms with Crippen molar-refractivity contribution >= 4 is 28.4 Å². The summed E-state index contributed by atoms with van der Waals surface area (Å²) in [7, 11) is 0. The smallest absolute Gasteiger partial charge is 0.349 e. The van der Waals surface area contributed by atoms with Crippen LogP contribution in [0.2, 0.25) is 0 Å². The number of hydrogen-bond donors (Lipinski definition) is 2. The Labute approximate surface area is 119 Å². The molecule has 3 rings (SSSR count). The fourth-order valence-corrected chi connectivity index (χ4v) is 1.90. The summed E-state index contributed by atoms with van der Waals surface area (Å²) in [4.78, 5) is 27.8. The molecule has 0 saturated heterocycles. The number of rotatable bonds is 2. The first kappa shape index (κ1) is 12.9. The second-order valence-corrected chi connectivity index (χ2v) is 4.41. The van der Waals surface area contributed by atoms with E-state index in [1.165, 1.54) is 12.3 Å². The van der Waals surface area contributed by atoms with Crippen LogP contribution in [0.25, 0.3) is 11.0 Å². The summed E-state index contributed by atoms with van der Waals surface area (Å²) in [6.45, 7) is 0. The summed E-state index contributed by atoms with van der Waals surface area (Å²) >= 11 is 0. The lowest BCUT2D eigenvalue weighted by atomic mass is 10.2. The number of amides is 1. The highest BCUT2D eigenvalue weighted by Crippen LogP contribution is 2.14. The minimum absolute atomic E-state index is 0.0643. The molecule has 6 nitrogen and oxygen atoms in total. The first-order valence-corrected chi connectivity index (χ1v) is 6.19. The van der Waals surface area contributed by atoms with Gasteiger partial charge in [-0.2, -0.15) is 0 Å². The van der Waals surface area contributed by atoms with E-state index in [1.807, 2.05) is 0 Å². The predicted octanol–water partition coefficient (Wildman–Crippen LogP) is 2.02. The molecule has 104 valence electrons. The Hall–Kier alpha value is -3.15. The quantitative estimate of drug-likeness (QED) is 0.700. The molecule has 0 atom stereocenters. The fourth-order valence-electron chi connectivity index (χ4n) is 1.90. The van der Waals surface area contributed by atoms with Crippen LogP contribution >= 0.6 is 0 Å². The normalized spacial score (nSPS) is 10.5. The van der Waals surface area contributed by atoms with E-state index in [2.05, 4.69) is 10.3 Å². The molecule has 0 spiro atoms. The topological polar surface area (TPSA) is 98.2 Å². The van der Waals surface area contributed by atoms with Gasteiger partial charge in [-0.1, -0.05) is 18.2 Å². The van der Waals surface area contributed by atoms with Crippen LogP contribution in [0.15, 0.2) is 57.9 Å². The molecule has 3 N–H and O–H groups in total. The highest BCUT2D eigenvalue weighted by Gasteiger charge is 2.13. The van der Waals surface area contributed by atoms with Crippen LogP contribution < -0.4 is 16.7 Å². The molecule has 0 unspecified atom stereocenters. The van der Waals surface area contributed by atoms with Crippen molar-refractivity contribution in [1.82, 2.24) is 4.98 Å². The summed E-state index contributed by atoms with van der Waals surface area (Å²) in [6.07, 6.45) is 1.41. The number of pyridine rings is 1. The lowest BCUT2D eigenvalue weighted by molar-refractivity contribution is 0.102. The lowest BCUT2D eigenvalue weighted by Crippen LogP contribution is -2.20. The maximum absolute atomic E-state index is 12.1. The Morgan fingerprint density at radius 2 is 2.00 bits per heavy atom. The van der Waals surface area contributed by atoms with Crippen molar-refractivity contribution in [1.29, 1.82) is 0 Å². The molecule has 3 aromatic rings. The van der Waals surface area contributed by atoms with Crippen molar-refractivity contribution in [3.05, 3.63) is 64.6 Å². The Morgan fingerprint density at radius 3 is 2.76 bits per heavy atom. The van der Waals surface area contributed by atoms with E-state index in [4.69, 9.17) is 10.2 Å². The van der Waals surface area contributed by atoms with E-state index in [1.54, 1.807) is 36.4 Å². The summed E-state index contributed by atoms with van der Waals surface area (Å²) in [5.41, 5.74) is 5.60. The minimum Gasteiger partial charge on any atom is -0.422 e. The van der Waals surface area contributed by atoms with E-state index < -0.39 is 11.5 Å². The minimum atomic E-state index is -0.686. The van der Waals surface area contributed by atoms with Gasteiger partial charge in [0.15, 0.2) is 0 Å². The van der Waals surface area contributed by atoms with Gasteiger partial charge in [0.05, 0.1) is 11.9 Å². The van der Waals surface area contributed by atoms with Crippen molar-refractivity contribution in [3.63, 3.8) is 0 Å². The van der Waals surface area contributed by atoms with E-state index in [9.17, 15) is 9.59 Å². The molecule has 0 bridgehead atoms. The van der Waals surface area contributed by atoms with E-state index in [0.29, 0.717) is 22.5 Å². The molecule has 0 aliphatic heterocycles. The molecule has 0 fully saturated rings. The van der Waals surface area contributed by atoms with Crippen LogP contribution in [0.5, 0.6) is 0 Å². The summed E-state index contributed by atoms with van der Waals surface area (Å²) in [5.74, 6) is -0.209. The van der Waals surface area contributed by atoms with Gasteiger partial charge in [0, 0.05) is 5.39 Å². The third-order valence-electron chi connectivity index (χ3n) is 2.93. The number of para-hydroxylation sites is 1. The molecule has 1 aromatic carbocycles. The highest BCUT2D eigenvalue weighted by atomic mass is 16.4. The fraction of sp³-hybridized carbons (Fsp3) is 0. The zero-order chi connectivity index (χ0) is 14.8. The van der Waals surface area contributed by atoms with E-state index in [-0.39, 0.29) is 5.56 Å². The van der Waals surface area contributed by atoms with Gasteiger partial charge in [-0.25, -0.2) is 9.78 Å². The van der Waals surface area contributed by atoms with E-state index >= 15 is 0 Å². The van der Waals surface area contributed by atoms with Crippen molar-refractivity contribution in [2.75, 3.05) is 11.1 Å². The molecule has 0 radical (unpaired) electrons. The average molecular weight is 281 g/mol. The number of nitrogens with one attached hydrogen (secondary N) is 1. The molecular weight excluding hydrogens is 270 g/mol. The Balaban J connectivity index is 1.95. The number of anilines is 2. The standard InChI is InChI=1S/C15H11N3O3/c16-13-6-5-10(8-17-13)18-14(19)11-7-9-3-1-2-4-12(9)21-15(11)20/h1-8H,(H2,16,17)(H,18,19). The molecule has 0 saturated carbocycles. The van der Waals surface area contributed by atoms with Crippen LogP contribution in [0.1, 0.15) is 10.4 Å². The summed E-state index contributed by atoms with van der Waals surface area (Å²) in [6, 6.07) is 11.6. The third kappa shape index (κ3) is 2.59. The number of carbonyl (C=O) groups is 1. The zero-order valence-corrected chi connectivity index (χ0v) is 10.9. The maximum atomic E-state index is 12.1. The van der Waals surface area contributed by atoms with Crippen LogP contribution in [-0.4, -0.2) is 10.9 Å². The largest absolute Gasteiger partial charge is 0.422 e. The summed E-state index contributed by atoms with van der Waals surface area (Å²) in [5, 5.41) is 3.25. The van der Waals surface area contributed by atoms with E-state index in [0.717, 1.165) is 0 Å². The number of fused-ring (bicyclic) bond motifs is 1. The van der Waals surface area contributed by atoms with Gasteiger partial charge in [-0.05, 0) is 24.3 Å². The van der Waals surface area contributed by atoms with Gasteiger partial charge < -0.3 is 15.5 Å². The number of hydrogen-bond acceptors (Lipinski definition) is 5. The number of benzene rings is 1. The molecular formula is C15H11N3O3.